The maximum absolute atomic E-state index is 4.91. The highest BCUT2D eigenvalue weighted by Crippen LogP contribution is 2.39. The van der Waals surface area contributed by atoms with Crippen LogP contribution in [0, 0.1) is 6.92 Å². The van der Waals surface area contributed by atoms with E-state index in [1.807, 2.05) is 11.3 Å². The fourth-order valence-corrected chi connectivity index (χ4v) is 5.07. The first-order chi connectivity index (χ1) is 12.7. The predicted octanol–water partition coefficient (Wildman–Crippen LogP) is 5.93. The zero-order valence-corrected chi connectivity index (χ0v) is 18.1. The molecule has 0 amide bonds. The molecular formula is C23H28N3S+. The number of rotatable bonds is 2. The summed E-state index contributed by atoms with van der Waals surface area (Å²) >= 11 is 1.84. The average Bonchev–Trinajstić information content (AvgIpc) is 3.15. The van der Waals surface area contributed by atoms with Crippen molar-refractivity contribution in [2.24, 2.45) is 7.05 Å². The molecule has 27 heavy (non-hydrogen) atoms. The van der Waals surface area contributed by atoms with E-state index in [4.69, 9.17) is 4.98 Å². The normalized spacial score (nSPS) is 12.6. The van der Waals surface area contributed by atoms with Crippen molar-refractivity contribution in [1.82, 2.24) is 9.55 Å². The molecule has 0 spiro atoms. The van der Waals surface area contributed by atoms with Crippen molar-refractivity contribution in [3.63, 3.8) is 0 Å². The minimum absolute atomic E-state index is 0.0314. The lowest BCUT2D eigenvalue weighted by atomic mass is 10.0. The minimum Gasteiger partial charge on any atom is -0.241 e. The van der Waals surface area contributed by atoms with Gasteiger partial charge in [-0.3, -0.25) is 0 Å². The van der Waals surface area contributed by atoms with Crippen molar-refractivity contribution in [3.05, 3.63) is 47.0 Å². The third-order valence-electron chi connectivity index (χ3n) is 5.18. The molecule has 2 aromatic heterocycles. The van der Waals surface area contributed by atoms with Crippen molar-refractivity contribution in [1.29, 1.82) is 0 Å². The number of para-hydroxylation sites is 2. The molecule has 3 nitrogen and oxygen atoms in total. The quantitative estimate of drug-likeness (QED) is 0.396. The molecule has 4 rings (SSSR count). The van der Waals surface area contributed by atoms with Gasteiger partial charge in [0, 0.05) is 5.92 Å². The lowest BCUT2D eigenvalue weighted by Crippen LogP contribution is -2.33. The van der Waals surface area contributed by atoms with Gasteiger partial charge in [0.25, 0.3) is 5.82 Å². The van der Waals surface area contributed by atoms with Gasteiger partial charge < -0.3 is 0 Å². The van der Waals surface area contributed by atoms with Gasteiger partial charge in [-0.05, 0) is 51.5 Å². The Kier molecular flexibility index (Phi) is 4.15. The summed E-state index contributed by atoms with van der Waals surface area (Å²) in [4.78, 5) is 4.91. The summed E-state index contributed by atoms with van der Waals surface area (Å²) in [5.74, 6) is 1.70. The van der Waals surface area contributed by atoms with Gasteiger partial charge in [0.1, 0.15) is 5.54 Å². The van der Waals surface area contributed by atoms with Crippen LogP contribution in [0.4, 0.5) is 0 Å². The third-order valence-corrected chi connectivity index (χ3v) is 6.57. The summed E-state index contributed by atoms with van der Waals surface area (Å²) < 4.78 is 6.12. The van der Waals surface area contributed by atoms with Crippen LogP contribution in [0.5, 0.6) is 0 Å². The van der Waals surface area contributed by atoms with Gasteiger partial charge in [0.15, 0.2) is 11.0 Å². The van der Waals surface area contributed by atoms with Gasteiger partial charge in [-0.15, -0.1) is 11.3 Å². The van der Waals surface area contributed by atoms with E-state index in [1.165, 1.54) is 37.7 Å². The van der Waals surface area contributed by atoms with Gasteiger partial charge in [0.05, 0.1) is 27.8 Å². The van der Waals surface area contributed by atoms with E-state index >= 15 is 0 Å². The Labute approximate surface area is 165 Å². The van der Waals surface area contributed by atoms with Crippen LogP contribution < -0.4 is 4.57 Å². The first-order valence-corrected chi connectivity index (χ1v) is 10.4. The summed E-state index contributed by atoms with van der Waals surface area (Å²) in [5, 5.41) is 1.21. The van der Waals surface area contributed by atoms with Gasteiger partial charge in [-0.1, -0.05) is 32.0 Å². The van der Waals surface area contributed by atoms with Crippen LogP contribution in [0.1, 0.15) is 51.1 Å². The third kappa shape index (κ3) is 2.78. The van der Waals surface area contributed by atoms with Crippen molar-refractivity contribution < 1.29 is 4.57 Å². The largest absolute Gasteiger partial charge is 0.291 e. The summed E-state index contributed by atoms with van der Waals surface area (Å²) in [6.45, 7) is 13.5. The Hall–Kier alpha value is -2.20. The second-order valence-corrected chi connectivity index (χ2v) is 9.72. The monoisotopic (exact) mass is 378 g/mol. The number of nitrogens with zero attached hydrogens (tertiary/aromatic N) is 3. The smallest absolute Gasteiger partial charge is 0.241 e. The number of benzene rings is 2. The number of aryl methyl sites for hydroxylation is 2. The molecule has 0 aliphatic carbocycles. The molecule has 0 radical (unpaired) electrons. The van der Waals surface area contributed by atoms with Gasteiger partial charge in [-0.25, -0.2) is 14.1 Å². The minimum atomic E-state index is -0.0314. The standard InChI is InChI=1S/C23H28N3S/c1-14(2)21-24-16-13-12-15(3)19(20(16)27-21)22-25(7)17-10-8-9-11-18(17)26(22)23(4,5)6/h8-14H,1-7H3/q+1. The molecule has 0 bridgehead atoms. The second kappa shape index (κ2) is 6.16. The van der Waals surface area contributed by atoms with Crippen molar-refractivity contribution >= 4 is 32.6 Å². The number of aromatic nitrogens is 3. The first-order valence-electron chi connectivity index (χ1n) is 9.60. The zero-order valence-electron chi connectivity index (χ0n) is 17.3. The number of fused-ring (bicyclic) bond motifs is 2. The Balaban J connectivity index is 2.18. The number of imidazole rings is 1. The Morgan fingerprint density at radius 2 is 1.78 bits per heavy atom. The molecule has 0 fully saturated rings. The van der Waals surface area contributed by atoms with Gasteiger partial charge in [0.2, 0.25) is 0 Å². The van der Waals surface area contributed by atoms with Crippen LogP contribution in [-0.2, 0) is 12.6 Å². The SMILES string of the molecule is Cc1ccc2nc(C(C)C)sc2c1-c1n(C(C)(C)C)c2ccccc2[n+]1C. The number of hydrogen-bond acceptors (Lipinski definition) is 2. The summed E-state index contributed by atoms with van der Waals surface area (Å²) in [5.41, 5.74) is 6.21. The summed E-state index contributed by atoms with van der Waals surface area (Å²) in [7, 11) is 2.18. The van der Waals surface area contributed by atoms with Crippen LogP contribution in [0.25, 0.3) is 32.6 Å². The van der Waals surface area contributed by atoms with Gasteiger partial charge >= 0.3 is 0 Å². The second-order valence-electron chi connectivity index (χ2n) is 8.69. The molecule has 4 heteroatoms. The molecule has 4 aromatic rings. The van der Waals surface area contributed by atoms with E-state index in [-0.39, 0.29) is 5.54 Å². The number of thiazole rings is 1. The van der Waals surface area contributed by atoms with E-state index in [9.17, 15) is 0 Å². The zero-order chi connectivity index (χ0) is 19.5. The highest BCUT2D eigenvalue weighted by atomic mass is 32.1. The molecule has 0 atom stereocenters. The molecular weight excluding hydrogens is 350 g/mol. The molecule has 2 heterocycles. The topological polar surface area (TPSA) is 21.7 Å². The molecule has 0 aliphatic heterocycles. The lowest BCUT2D eigenvalue weighted by molar-refractivity contribution is -0.634. The van der Waals surface area contributed by atoms with Crippen molar-refractivity contribution in [2.45, 2.75) is 53.0 Å². The van der Waals surface area contributed by atoms with E-state index in [1.54, 1.807) is 0 Å². The average molecular weight is 379 g/mol. The molecule has 0 N–H and O–H groups in total. The molecule has 0 saturated heterocycles. The highest BCUT2D eigenvalue weighted by Gasteiger charge is 2.34. The van der Waals surface area contributed by atoms with Gasteiger partial charge in [-0.2, -0.15) is 0 Å². The Bertz CT molecular complexity index is 1160. The molecule has 0 aliphatic rings. The van der Waals surface area contributed by atoms with E-state index in [0.717, 1.165) is 5.52 Å². The van der Waals surface area contributed by atoms with Crippen LogP contribution >= 0.6 is 11.3 Å². The predicted molar refractivity (Wildman–Crippen MR) is 116 cm³/mol. The fourth-order valence-electron chi connectivity index (χ4n) is 3.91. The summed E-state index contributed by atoms with van der Waals surface area (Å²) in [6.07, 6.45) is 0. The van der Waals surface area contributed by atoms with E-state index < -0.39 is 0 Å². The van der Waals surface area contributed by atoms with Crippen molar-refractivity contribution in [3.8, 4) is 11.4 Å². The van der Waals surface area contributed by atoms with Crippen LogP contribution in [0.3, 0.4) is 0 Å². The van der Waals surface area contributed by atoms with Crippen LogP contribution in [-0.4, -0.2) is 9.55 Å². The molecule has 2 aromatic carbocycles. The van der Waals surface area contributed by atoms with E-state index in [2.05, 4.69) is 94.1 Å². The van der Waals surface area contributed by atoms with E-state index in [0.29, 0.717) is 5.92 Å². The highest BCUT2D eigenvalue weighted by molar-refractivity contribution is 7.19. The van der Waals surface area contributed by atoms with Crippen molar-refractivity contribution in [2.75, 3.05) is 0 Å². The first kappa shape index (κ1) is 18.2. The number of hydrogen-bond donors (Lipinski definition) is 0. The van der Waals surface area contributed by atoms with Crippen LogP contribution in [0.2, 0.25) is 0 Å². The molecule has 140 valence electrons. The van der Waals surface area contributed by atoms with Crippen LogP contribution in [0.15, 0.2) is 36.4 Å². The maximum atomic E-state index is 4.91. The fraction of sp³-hybridized carbons (Fsp3) is 0.391. The lowest BCUT2D eigenvalue weighted by Gasteiger charge is -2.19. The summed E-state index contributed by atoms with van der Waals surface area (Å²) in [6, 6.07) is 13.1. The molecule has 0 unspecified atom stereocenters. The maximum Gasteiger partial charge on any atom is 0.291 e. The Morgan fingerprint density at radius 3 is 2.44 bits per heavy atom. The Morgan fingerprint density at radius 1 is 1.07 bits per heavy atom. The molecule has 0 saturated carbocycles.